The summed E-state index contributed by atoms with van der Waals surface area (Å²) in [6, 6.07) is 7.79. The molecular weight excluding hydrogens is 198 g/mol. The van der Waals surface area contributed by atoms with Gasteiger partial charge in [0.05, 0.1) is 5.69 Å². The third kappa shape index (κ3) is 2.61. The number of hydrogen-bond donors (Lipinski definition) is 2. The van der Waals surface area contributed by atoms with Crippen molar-refractivity contribution in [1.82, 2.24) is 10.3 Å². The highest BCUT2D eigenvalue weighted by Gasteiger charge is 2.08. The van der Waals surface area contributed by atoms with Crippen LogP contribution in [0.25, 0.3) is 0 Å². The first-order valence-corrected chi connectivity index (χ1v) is 5.20. The Morgan fingerprint density at radius 1 is 1.29 bits per heavy atom. The van der Waals surface area contributed by atoms with E-state index in [2.05, 4.69) is 15.8 Å². The van der Waals surface area contributed by atoms with E-state index in [1.54, 1.807) is 0 Å². The summed E-state index contributed by atoms with van der Waals surface area (Å²) in [5, 5.41) is 6.27. The predicted octanol–water partition coefficient (Wildman–Crippen LogP) is 1.57. The summed E-state index contributed by atoms with van der Waals surface area (Å²) in [7, 11) is 0. The molecule has 0 atom stereocenters. The van der Waals surface area contributed by atoms with E-state index in [9.17, 15) is 0 Å². The van der Waals surface area contributed by atoms with Crippen LogP contribution in [0.5, 0.6) is 0 Å². The van der Waals surface area contributed by atoms with Gasteiger partial charge in [-0.15, -0.1) is 0 Å². The van der Waals surface area contributed by atoms with Crippen LogP contribution in [-0.4, -0.2) is 31.2 Å². The molecule has 0 saturated carbocycles. The third-order valence-electron chi connectivity index (χ3n) is 2.23. The minimum atomic E-state index is 0.769. The van der Waals surface area contributed by atoms with E-state index in [1.807, 2.05) is 24.3 Å². The Morgan fingerprint density at radius 3 is 2.79 bits per heavy atom. The lowest BCUT2D eigenvalue weighted by Gasteiger charge is -2.28. The minimum Gasteiger partial charge on any atom is -0.319 e. The second kappa shape index (κ2) is 4.64. The number of nitrogens with zero attached hydrogens (tertiary/aromatic N) is 1. The minimum absolute atomic E-state index is 0.769. The van der Waals surface area contributed by atoms with E-state index in [1.165, 1.54) is 0 Å². The fourth-order valence-corrected chi connectivity index (χ4v) is 1.71. The Balaban J connectivity index is 1.95. The van der Waals surface area contributed by atoms with E-state index in [4.69, 9.17) is 11.6 Å². The second-order valence-corrected chi connectivity index (χ2v) is 3.80. The van der Waals surface area contributed by atoms with Crippen LogP contribution >= 0.6 is 11.6 Å². The first kappa shape index (κ1) is 9.77. The highest BCUT2D eigenvalue weighted by atomic mass is 35.5. The van der Waals surface area contributed by atoms with Crippen LogP contribution in [-0.2, 0) is 0 Å². The smallest absolute Gasteiger partial charge is 0.0504 e. The van der Waals surface area contributed by atoms with E-state index in [0.29, 0.717) is 0 Å². The number of nitrogens with one attached hydrogen (secondary N) is 2. The number of hydrogen-bond acceptors (Lipinski definition) is 3. The highest BCUT2D eigenvalue weighted by molar-refractivity contribution is 6.30. The lowest BCUT2D eigenvalue weighted by molar-refractivity contribution is 0.287. The van der Waals surface area contributed by atoms with Crippen molar-refractivity contribution in [2.45, 2.75) is 0 Å². The van der Waals surface area contributed by atoms with Crippen LogP contribution < -0.4 is 10.7 Å². The van der Waals surface area contributed by atoms with Gasteiger partial charge >= 0.3 is 0 Å². The van der Waals surface area contributed by atoms with E-state index in [-0.39, 0.29) is 0 Å². The summed E-state index contributed by atoms with van der Waals surface area (Å²) in [6.07, 6.45) is 0. The van der Waals surface area contributed by atoms with Gasteiger partial charge < -0.3 is 10.7 Å². The van der Waals surface area contributed by atoms with Crippen molar-refractivity contribution in [3.63, 3.8) is 0 Å². The first-order chi connectivity index (χ1) is 6.84. The van der Waals surface area contributed by atoms with E-state index < -0.39 is 0 Å². The van der Waals surface area contributed by atoms with Crippen LogP contribution in [0.2, 0.25) is 5.02 Å². The molecule has 1 aromatic rings. The van der Waals surface area contributed by atoms with Gasteiger partial charge in [-0.1, -0.05) is 17.7 Å². The Kier molecular flexibility index (Phi) is 3.24. The molecule has 1 saturated heterocycles. The molecule has 0 aromatic heterocycles. The number of rotatable bonds is 2. The maximum absolute atomic E-state index is 5.89. The maximum Gasteiger partial charge on any atom is 0.0504 e. The number of halogens is 1. The van der Waals surface area contributed by atoms with Gasteiger partial charge in [0.1, 0.15) is 0 Å². The Bertz CT molecular complexity index is 297. The molecule has 0 radical (unpaired) electrons. The van der Waals surface area contributed by atoms with Gasteiger partial charge in [0.25, 0.3) is 0 Å². The molecule has 1 heterocycles. The monoisotopic (exact) mass is 211 g/mol. The Labute approximate surface area is 89.0 Å². The normalized spacial score (nSPS) is 18.1. The molecule has 0 aliphatic carbocycles. The number of hydrazine groups is 1. The fourth-order valence-electron chi connectivity index (χ4n) is 1.52. The zero-order valence-corrected chi connectivity index (χ0v) is 8.72. The van der Waals surface area contributed by atoms with Crippen LogP contribution in [0.15, 0.2) is 24.3 Å². The van der Waals surface area contributed by atoms with Crippen molar-refractivity contribution in [1.29, 1.82) is 0 Å². The average Bonchev–Trinajstić information content (AvgIpc) is 2.19. The van der Waals surface area contributed by atoms with Gasteiger partial charge in [-0.3, -0.25) is 0 Å². The number of piperazine rings is 1. The zero-order valence-electron chi connectivity index (χ0n) is 7.96. The third-order valence-corrected chi connectivity index (χ3v) is 2.46. The molecule has 0 amide bonds. The molecular formula is C10H14ClN3. The van der Waals surface area contributed by atoms with Gasteiger partial charge in [-0.05, 0) is 18.2 Å². The van der Waals surface area contributed by atoms with Crippen molar-refractivity contribution in [3.8, 4) is 0 Å². The Morgan fingerprint density at radius 2 is 2.07 bits per heavy atom. The molecule has 2 N–H and O–H groups in total. The summed E-state index contributed by atoms with van der Waals surface area (Å²) in [5.41, 5.74) is 4.39. The highest BCUT2D eigenvalue weighted by Crippen LogP contribution is 2.15. The molecule has 0 spiro atoms. The molecule has 1 aromatic carbocycles. The van der Waals surface area contributed by atoms with Crippen molar-refractivity contribution < 1.29 is 0 Å². The summed E-state index contributed by atoms with van der Waals surface area (Å²) in [6.45, 7) is 4.11. The van der Waals surface area contributed by atoms with Crippen molar-refractivity contribution in [3.05, 3.63) is 29.3 Å². The van der Waals surface area contributed by atoms with Crippen molar-refractivity contribution >= 4 is 17.3 Å². The maximum atomic E-state index is 5.89. The molecule has 0 bridgehead atoms. The molecule has 4 heteroatoms. The average molecular weight is 212 g/mol. The largest absolute Gasteiger partial charge is 0.319 e. The van der Waals surface area contributed by atoms with Crippen LogP contribution in [0.1, 0.15) is 0 Å². The summed E-state index contributed by atoms with van der Waals surface area (Å²) >= 11 is 5.89. The van der Waals surface area contributed by atoms with Gasteiger partial charge in [0.15, 0.2) is 0 Å². The number of benzene rings is 1. The second-order valence-electron chi connectivity index (χ2n) is 3.36. The summed E-state index contributed by atoms with van der Waals surface area (Å²) in [5.74, 6) is 0. The van der Waals surface area contributed by atoms with Gasteiger partial charge in [-0.2, -0.15) is 0 Å². The molecule has 0 unspecified atom stereocenters. The molecule has 76 valence electrons. The van der Waals surface area contributed by atoms with Crippen LogP contribution in [0.4, 0.5) is 5.69 Å². The lowest BCUT2D eigenvalue weighted by Crippen LogP contribution is -2.46. The topological polar surface area (TPSA) is 27.3 Å². The van der Waals surface area contributed by atoms with Crippen molar-refractivity contribution in [2.24, 2.45) is 0 Å². The van der Waals surface area contributed by atoms with Gasteiger partial charge in [-0.25, -0.2) is 5.01 Å². The standard InChI is InChI=1S/C10H14ClN3/c11-9-2-1-3-10(8-9)13-14-6-4-12-5-7-14/h1-3,8,12-13H,4-7H2. The van der Waals surface area contributed by atoms with Crippen molar-refractivity contribution in [2.75, 3.05) is 31.6 Å². The summed E-state index contributed by atoms with van der Waals surface area (Å²) < 4.78 is 0. The number of anilines is 1. The SMILES string of the molecule is Clc1cccc(NN2CCNCC2)c1. The quantitative estimate of drug-likeness (QED) is 0.778. The molecule has 1 fully saturated rings. The Hall–Kier alpha value is -0.770. The summed E-state index contributed by atoms with van der Waals surface area (Å²) in [4.78, 5) is 0. The molecule has 2 rings (SSSR count). The fraction of sp³-hybridized carbons (Fsp3) is 0.400. The van der Waals surface area contributed by atoms with Crippen LogP contribution in [0.3, 0.4) is 0 Å². The molecule has 1 aliphatic heterocycles. The molecule has 14 heavy (non-hydrogen) atoms. The lowest BCUT2D eigenvalue weighted by atomic mass is 10.3. The zero-order chi connectivity index (χ0) is 9.80. The van der Waals surface area contributed by atoms with Crippen LogP contribution in [0, 0.1) is 0 Å². The van der Waals surface area contributed by atoms with E-state index in [0.717, 1.165) is 36.9 Å². The molecule has 3 nitrogen and oxygen atoms in total. The predicted molar refractivity (Wildman–Crippen MR) is 59.5 cm³/mol. The van der Waals surface area contributed by atoms with E-state index >= 15 is 0 Å². The first-order valence-electron chi connectivity index (χ1n) is 4.82. The van der Waals surface area contributed by atoms with Gasteiger partial charge in [0.2, 0.25) is 0 Å². The molecule has 1 aliphatic rings. The van der Waals surface area contributed by atoms with Gasteiger partial charge in [0, 0.05) is 31.2 Å².